The van der Waals surface area contributed by atoms with E-state index in [9.17, 15) is 9.59 Å². The second kappa shape index (κ2) is 11.1. The Labute approximate surface area is 206 Å². The van der Waals surface area contributed by atoms with Crippen molar-refractivity contribution in [1.82, 2.24) is 19.8 Å². The molecule has 1 fully saturated rings. The van der Waals surface area contributed by atoms with Gasteiger partial charge in [-0.25, -0.2) is 9.97 Å². The zero-order chi connectivity index (χ0) is 24.9. The van der Waals surface area contributed by atoms with E-state index in [-0.39, 0.29) is 35.8 Å². The van der Waals surface area contributed by atoms with Gasteiger partial charge >= 0.3 is 0 Å². The quantitative estimate of drug-likeness (QED) is 0.701. The molecule has 4 rings (SSSR count). The van der Waals surface area contributed by atoms with E-state index in [0.717, 1.165) is 24.9 Å². The van der Waals surface area contributed by atoms with E-state index in [1.165, 1.54) is 6.33 Å². The summed E-state index contributed by atoms with van der Waals surface area (Å²) < 4.78 is 12.0. The molecule has 1 aliphatic carbocycles. The number of anilines is 1. The van der Waals surface area contributed by atoms with Crippen LogP contribution in [0.15, 0.2) is 36.9 Å². The number of nitrogens with one attached hydrogen (secondary N) is 1. The van der Waals surface area contributed by atoms with Crippen molar-refractivity contribution in [3.05, 3.63) is 48.0 Å². The normalized spacial score (nSPS) is 24.1. The molecule has 1 saturated carbocycles. The van der Waals surface area contributed by atoms with Crippen molar-refractivity contribution in [3.8, 4) is 5.75 Å². The maximum atomic E-state index is 13.4. The second-order valence-electron chi connectivity index (χ2n) is 9.75. The minimum atomic E-state index is -0.164. The van der Waals surface area contributed by atoms with E-state index >= 15 is 0 Å². The van der Waals surface area contributed by atoms with Gasteiger partial charge in [0.15, 0.2) is 0 Å². The molecular weight excluding hydrogens is 446 g/mol. The van der Waals surface area contributed by atoms with Crippen LogP contribution in [0.5, 0.6) is 5.75 Å². The Morgan fingerprint density at radius 3 is 2.63 bits per heavy atom. The van der Waals surface area contributed by atoms with Gasteiger partial charge < -0.3 is 19.7 Å². The number of fused-ring (bicyclic) bond motifs is 1. The highest BCUT2D eigenvalue weighted by atomic mass is 16.5. The lowest BCUT2D eigenvalue weighted by Crippen LogP contribution is -2.46. The summed E-state index contributed by atoms with van der Waals surface area (Å²) in [6, 6.07) is 5.34. The molecule has 2 aromatic rings. The van der Waals surface area contributed by atoms with Crippen LogP contribution in [0.3, 0.4) is 0 Å². The van der Waals surface area contributed by atoms with Crippen molar-refractivity contribution in [2.75, 3.05) is 39.2 Å². The number of hydrogen-bond acceptors (Lipinski definition) is 7. The van der Waals surface area contributed by atoms with Crippen LogP contribution < -0.4 is 10.1 Å². The van der Waals surface area contributed by atoms with Crippen molar-refractivity contribution < 1.29 is 19.1 Å². The zero-order valence-corrected chi connectivity index (χ0v) is 20.9. The van der Waals surface area contributed by atoms with Crippen LogP contribution in [0.1, 0.15) is 42.6 Å². The van der Waals surface area contributed by atoms with Crippen molar-refractivity contribution in [2.24, 2.45) is 11.8 Å². The Bertz CT molecular complexity index is 1030. The maximum absolute atomic E-state index is 13.4. The molecule has 9 nitrogen and oxygen atoms in total. The number of methoxy groups -OCH3 is 1. The van der Waals surface area contributed by atoms with E-state index in [2.05, 4.69) is 34.0 Å². The molecule has 0 radical (unpaired) electrons. The Balaban J connectivity index is 1.61. The molecule has 1 aliphatic heterocycles. The number of nitrogens with zero attached hydrogens (tertiary/aromatic N) is 4. The fraction of sp³-hybridized carbons (Fsp3) is 0.538. The molecule has 1 aromatic carbocycles. The zero-order valence-electron chi connectivity index (χ0n) is 20.9. The average molecular weight is 482 g/mol. The average Bonchev–Trinajstić information content (AvgIpc) is 3.71. The fourth-order valence-electron chi connectivity index (χ4n) is 4.39. The number of likely N-dealkylation sites (N-methyl/N-ethyl adjacent to an activating group) is 1. The molecule has 1 aromatic heterocycles. The molecule has 1 N–H and O–H groups in total. The van der Waals surface area contributed by atoms with E-state index < -0.39 is 0 Å². The Kier molecular flexibility index (Phi) is 7.97. The van der Waals surface area contributed by atoms with Crippen molar-refractivity contribution >= 4 is 17.5 Å². The molecule has 9 heteroatoms. The minimum Gasteiger partial charge on any atom is -0.491 e. The van der Waals surface area contributed by atoms with Crippen LogP contribution in [0, 0.1) is 11.8 Å². The highest BCUT2D eigenvalue weighted by Crippen LogP contribution is 2.31. The Morgan fingerprint density at radius 2 is 1.94 bits per heavy atom. The first kappa shape index (κ1) is 25.1. The predicted molar refractivity (Wildman–Crippen MR) is 132 cm³/mol. The number of benzene rings is 1. The monoisotopic (exact) mass is 481 g/mol. The summed E-state index contributed by atoms with van der Waals surface area (Å²) in [7, 11) is 3.46. The van der Waals surface area contributed by atoms with Crippen LogP contribution in [0.2, 0.25) is 0 Å². The molecule has 188 valence electrons. The summed E-state index contributed by atoms with van der Waals surface area (Å²) in [6.07, 6.45) is 6.87. The maximum Gasteiger partial charge on any atom is 0.257 e. The van der Waals surface area contributed by atoms with Crippen molar-refractivity contribution in [2.45, 2.75) is 45.4 Å². The van der Waals surface area contributed by atoms with E-state index in [1.54, 1.807) is 37.3 Å². The summed E-state index contributed by atoms with van der Waals surface area (Å²) >= 11 is 0. The van der Waals surface area contributed by atoms with Gasteiger partial charge in [0.05, 0.1) is 11.7 Å². The first-order chi connectivity index (χ1) is 16.9. The molecule has 0 unspecified atom stereocenters. The second-order valence-corrected chi connectivity index (χ2v) is 9.75. The number of carbonyl (C=O) groups excluding carboxylic acids is 2. The van der Waals surface area contributed by atoms with Crippen LogP contribution in [0.25, 0.3) is 0 Å². The number of rotatable bonds is 5. The van der Waals surface area contributed by atoms with Crippen LogP contribution in [-0.2, 0) is 16.1 Å². The third-order valence-corrected chi connectivity index (χ3v) is 6.79. The smallest absolute Gasteiger partial charge is 0.257 e. The van der Waals surface area contributed by atoms with Gasteiger partial charge in [-0.2, -0.15) is 0 Å². The largest absolute Gasteiger partial charge is 0.491 e. The molecule has 2 amide bonds. The highest BCUT2D eigenvalue weighted by molar-refractivity contribution is 6.00. The predicted octanol–water partition coefficient (Wildman–Crippen LogP) is 2.83. The number of hydrogen-bond donors (Lipinski definition) is 1. The summed E-state index contributed by atoms with van der Waals surface area (Å²) in [4.78, 5) is 38.0. The van der Waals surface area contributed by atoms with Gasteiger partial charge in [-0.1, -0.05) is 6.92 Å². The van der Waals surface area contributed by atoms with E-state index in [4.69, 9.17) is 9.47 Å². The molecule has 2 aliphatic rings. The van der Waals surface area contributed by atoms with E-state index in [1.807, 2.05) is 12.4 Å². The number of amides is 2. The fourth-order valence-corrected chi connectivity index (χ4v) is 4.39. The van der Waals surface area contributed by atoms with E-state index in [0.29, 0.717) is 36.7 Å². The minimum absolute atomic E-state index is 0.00209. The van der Waals surface area contributed by atoms with Gasteiger partial charge in [-0.05, 0) is 43.9 Å². The number of aromatic nitrogens is 2. The van der Waals surface area contributed by atoms with Gasteiger partial charge in [0.1, 0.15) is 18.7 Å². The van der Waals surface area contributed by atoms with Gasteiger partial charge in [0, 0.05) is 69.4 Å². The van der Waals surface area contributed by atoms with Gasteiger partial charge in [-0.15, -0.1) is 0 Å². The molecule has 2 heterocycles. The van der Waals surface area contributed by atoms with Gasteiger partial charge in [0.25, 0.3) is 5.91 Å². The lowest BCUT2D eigenvalue weighted by atomic mass is 10.0. The van der Waals surface area contributed by atoms with Crippen LogP contribution >= 0.6 is 0 Å². The summed E-state index contributed by atoms with van der Waals surface area (Å²) in [5.74, 6) is 0.580. The van der Waals surface area contributed by atoms with Gasteiger partial charge in [0.2, 0.25) is 5.91 Å². The lowest BCUT2D eigenvalue weighted by molar-refractivity contribution is -0.117. The van der Waals surface area contributed by atoms with Crippen molar-refractivity contribution in [1.29, 1.82) is 0 Å². The molecule has 0 saturated heterocycles. The standard InChI is InChI=1S/C26H35N5O4/c1-17-12-31(13-19-10-27-16-28-11-19)18(2)15-35-23-8-7-21(29-25(32)20-5-6-20)9-22(23)26(33)30(3)14-24(17)34-4/h7-11,16-18,20,24H,5-6,12-15H2,1-4H3,(H,29,32)/t17-,18+,24-/m0/s1. The molecular formula is C26H35N5O4. The molecule has 0 spiro atoms. The summed E-state index contributed by atoms with van der Waals surface area (Å²) in [5, 5.41) is 2.94. The summed E-state index contributed by atoms with van der Waals surface area (Å²) in [5.41, 5.74) is 2.06. The third kappa shape index (κ3) is 6.35. The molecule has 35 heavy (non-hydrogen) atoms. The number of ether oxygens (including phenoxy) is 2. The molecule has 3 atom stereocenters. The SMILES string of the molecule is CO[C@H]1CN(C)C(=O)c2cc(NC(=O)C3CC3)ccc2OC[C@@H](C)N(Cc2cncnc2)C[C@@H]1C. The first-order valence-corrected chi connectivity index (χ1v) is 12.2. The van der Waals surface area contributed by atoms with Gasteiger partial charge in [-0.3, -0.25) is 14.5 Å². The third-order valence-electron chi connectivity index (χ3n) is 6.79. The van der Waals surface area contributed by atoms with Crippen LogP contribution in [-0.4, -0.2) is 77.6 Å². The molecule has 0 bridgehead atoms. The highest BCUT2D eigenvalue weighted by Gasteiger charge is 2.31. The first-order valence-electron chi connectivity index (χ1n) is 12.2. The Hall–Kier alpha value is -3.04. The van der Waals surface area contributed by atoms with Crippen LogP contribution in [0.4, 0.5) is 5.69 Å². The lowest BCUT2D eigenvalue weighted by Gasteiger charge is -2.36. The number of carbonyl (C=O) groups is 2. The topological polar surface area (TPSA) is 96.9 Å². The Morgan fingerprint density at radius 1 is 1.20 bits per heavy atom. The summed E-state index contributed by atoms with van der Waals surface area (Å²) in [6.45, 7) is 6.53. The van der Waals surface area contributed by atoms with Crippen molar-refractivity contribution in [3.63, 3.8) is 0 Å².